The summed E-state index contributed by atoms with van der Waals surface area (Å²) in [6, 6.07) is 7.11. The normalized spacial score (nSPS) is 11.9. The second kappa shape index (κ2) is 10.1. The zero-order valence-corrected chi connectivity index (χ0v) is 21.1. The quantitative estimate of drug-likeness (QED) is 0.287. The summed E-state index contributed by atoms with van der Waals surface area (Å²) in [5.41, 5.74) is -3.70. The molecule has 4 aromatic rings. The van der Waals surface area contributed by atoms with Crippen LogP contribution in [0.25, 0.3) is 22.6 Å². The number of rotatable bonds is 6. The Morgan fingerprint density at radius 2 is 1.82 bits per heavy atom. The second-order valence-electron chi connectivity index (χ2n) is 8.50. The molecule has 39 heavy (non-hydrogen) atoms. The first-order valence-corrected chi connectivity index (χ1v) is 12.9. The minimum Gasteiger partial charge on any atom is -0.462 e. The summed E-state index contributed by atoms with van der Waals surface area (Å²) >= 11 is 0. The third-order valence-corrected chi connectivity index (χ3v) is 7.73. The first kappa shape index (κ1) is 27.7. The molecule has 3 heterocycles. The number of nitriles is 1. The first-order valence-electron chi connectivity index (χ1n) is 11.2. The van der Waals surface area contributed by atoms with Gasteiger partial charge in [-0.2, -0.15) is 18.4 Å². The van der Waals surface area contributed by atoms with Gasteiger partial charge < -0.3 is 4.42 Å². The minimum atomic E-state index is -5.07. The number of sulfone groups is 1. The van der Waals surface area contributed by atoms with E-state index in [1.165, 1.54) is 44.5 Å². The van der Waals surface area contributed by atoms with Crippen LogP contribution in [0.2, 0.25) is 0 Å². The van der Waals surface area contributed by atoms with Crippen molar-refractivity contribution in [2.24, 2.45) is 0 Å². The average Bonchev–Trinajstić information content (AvgIpc) is 3.35. The summed E-state index contributed by atoms with van der Waals surface area (Å²) < 4.78 is 99.7. The Bertz CT molecular complexity index is 1800. The van der Waals surface area contributed by atoms with Gasteiger partial charge in [-0.1, -0.05) is 13.0 Å². The lowest BCUT2D eigenvalue weighted by molar-refractivity contribution is -0.137. The first-order chi connectivity index (χ1) is 18.3. The van der Waals surface area contributed by atoms with Crippen molar-refractivity contribution in [3.8, 4) is 28.7 Å². The molecule has 0 saturated heterocycles. The molecule has 0 aliphatic carbocycles. The molecule has 13 heteroatoms. The molecule has 0 unspecified atom stereocenters. The van der Waals surface area contributed by atoms with Crippen LogP contribution in [0.5, 0.6) is 0 Å². The lowest BCUT2D eigenvalue weighted by Crippen LogP contribution is -2.29. The third-order valence-electron chi connectivity index (χ3n) is 5.95. The number of nitrogens with zero attached hydrogens (tertiary/aromatic N) is 3. The maximum Gasteiger partial charge on any atom is 0.417 e. The summed E-state index contributed by atoms with van der Waals surface area (Å²) in [4.78, 5) is 17.1. The largest absolute Gasteiger partial charge is 0.462 e. The lowest BCUT2D eigenvalue weighted by atomic mass is 10.1. The maximum absolute atomic E-state index is 14.4. The molecule has 0 aliphatic heterocycles. The standard InChI is InChI=1S/C26H18F5N3O4S/c1-3-39(36,37)24-14(2)6-16(11-33-24)17-7-23(38-13-17)22-9-20(26(29,30)31)19(10-32)25(35)34(22)12-15-4-5-18(27)8-21(15)28/h4-9,11,13H,3,12H2,1-2H3. The van der Waals surface area contributed by atoms with Crippen LogP contribution in [-0.4, -0.2) is 23.7 Å². The van der Waals surface area contributed by atoms with Gasteiger partial charge in [-0.25, -0.2) is 22.2 Å². The second-order valence-corrected chi connectivity index (χ2v) is 10.7. The number of hydrogen-bond acceptors (Lipinski definition) is 6. The van der Waals surface area contributed by atoms with Gasteiger partial charge in [-0.05, 0) is 36.8 Å². The Balaban J connectivity index is 1.90. The molecule has 0 radical (unpaired) electrons. The van der Waals surface area contributed by atoms with Crippen LogP contribution < -0.4 is 5.56 Å². The van der Waals surface area contributed by atoms with E-state index in [-0.39, 0.29) is 22.1 Å². The minimum absolute atomic E-state index is 0.116. The number of halogens is 5. The van der Waals surface area contributed by atoms with Gasteiger partial charge in [0.25, 0.3) is 5.56 Å². The van der Waals surface area contributed by atoms with Gasteiger partial charge in [0, 0.05) is 29.0 Å². The van der Waals surface area contributed by atoms with Crippen LogP contribution in [0.4, 0.5) is 22.0 Å². The van der Waals surface area contributed by atoms with Gasteiger partial charge in [0.1, 0.15) is 23.3 Å². The van der Waals surface area contributed by atoms with Crippen molar-refractivity contribution in [1.29, 1.82) is 5.26 Å². The number of hydrogen-bond donors (Lipinski definition) is 0. The van der Waals surface area contributed by atoms with Crippen molar-refractivity contribution in [2.45, 2.75) is 31.6 Å². The van der Waals surface area contributed by atoms with Crippen molar-refractivity contribution < 1.29 is 34.8 Å². The highest BCUT2D eigenvalue weighted by Gasteiger charge is 2.37. The molecule has 7 nitrogen and oxygen atoms in total. The fraction of sp³-hybridized carbons (Fsp3) is 0.192. The molecule has 4 rings (SSSR count). The Labute approximate surface area is 218 Å². The zero-order valence-electron chi connectivity index (χ0n) is 20.3. The molecular formula is C26H18F5N3O4S. The van der Waals surface area contributed by atoms with E-state index < -0.39 is 56.6 Å². The maximum atomic E-state index is 14.4. The SMILES string of the molecule is CCS(=O)(=O)c1ncc(-c2coc(-c3cc(C(F)(F)F)c(C#N)c(=O)n3Cc3ccc(F)cc3F)c2)cc1C. The molecule has 0 fully saturated rings. The molecule has 0 spiro atoms. The molecule has 3 aromatic heterocycles. The molecule has 0 amide bonds. The van der Waals surface area contributed by atoms with E-state index in [1.807, 2.05) is 0 Å². The van der Waals surface area contributed by atoms with E-state index in [4.69, 9.17) is 4.42 Å². The van der Waals surface area contributed by atoms with Gasteiger partial charge in [0.2, 0.25) is 0 Å². The van der Waals surface area contributed by atoms with Gasteiger partial charge >= 0.3 is 6.18 Å². The van der Waals surface area contributed by atoms with E-state index in [2.05, 4.69) is 4.98 Å². The third kappa shape index (κ3) is 5.33. The molecule has 1 aromatic carbocycles. The monoisotopic (exact) mass is 563 g/mol. The fourth-order valence-electron chi connectivity index (χ4n) is 3.96. The molecule has 0 bridgehead atoms. The number of benzene rings is 1. The summed E-state index contributed by atoms with van der Waals surface area (Å²) in [7, 11) is -3.60. The van der Waals surface area contributed by atoms with Gasteiger partial charge in [0.15, 0.2) is 20.6 Å². The molecule has 0 N–H and O–H groups in total. The summed E-state index contributed by atoms with van der Waals surface area (Å²) in [5, 5.41) is 9.21. The van der Waals surface area contributed by atoms with Crippen molar-refractivity contribution >= 4 is 9.84 Å². The Kier molecular flexibility index (Phi) is 7.18. The van der Waals surface area contributed by atoms with Crippen molar-refractivity contribution in [3.63, 3.8) is 0 Å². The number of aromatic nitrogens is 2. The van der Waals surface area contributed by atoms with E-state index >= 15 is 0 Å². The van der Waals surface area contributed by atoms with Gasteiger partial charge in [-0.3, -0.25) is 9.36 Å². The van der Waals surface area contributed by atoms with E-state index in [1.54, 1.807) is 0 Å². The molecular weight excluding hydrogens is 545 g/mol. The Morgan fingerprint density at radius 3 is 2.41 bits per heavy atom. The Hall–Kier alpha value is -4.31. The zero-order chi connectivity index (χ0) is 28.7. The van der Waals surface area contributed by atoms with E-state index in [0.29, 0.717) is 28.8 Å². The predicted molar refractivity (Wildman–Crippen MR) is 129 cm³/mol. The molecule has 0 saturated carbocycles. The molecule has 0 atom stereocenters. The lowest BCUT2D eigenvalue weighted by Gasteiger charge is -2.16. The van der Waals surface area contributed by atoms with Crippen molar-refractivity contribution in [2.75, 3.05) is 5.75 Å². The Morgan fingerprint density at radius 1 is 1.10 bits per heavy atom. The number of pyridine rings is 2. The predicted octanol–water partition coefficient (Wildman–Crippen LogP) is 5.49. The number of furan rings is 1. The van der Waals surface area contributed by atoms with Crippen molar-refractivity contribution in [1.82, 2.24) is 9.55 Å². The average molecular weight is 564 g/mol. The number of aryl methyl sites for hydroxylation is 1. The van der Waals surface area contributed by atoms with Gasteiger partial charge in [0.05, 0.1) is 29.8 Å². The van der Waals surface area contributed by atoms with Crippen LogP contribution in [0.3, 0.4) is 0 Å². The highest BCUT2D eigenvalue weighted by molar-refractivity contribution is 7.91. The van der Waals surface area contributed by atoms with Crippen LogP contribution in [0.1, 0.15) is 29.2 Å². The van der Waals surface area contributed by atoms with E-state index in [0.717, 1.165) is 16.7 Å². The number of alkyl halides is 3. The van der Waals surface area contributed by atoms with Crippen LogP contribution in [-0.2, 0) is 22.6 Å². The summed E-state index contributed by atoms with van der Waals surface area (Å²) in [6.45, 7) is 2.37. The highest BCUT2D eigenvalue weighted by Crippen LogP contribution is 2.35. The van der Waals surface area contributed by atoms with Crippen LogP contribution in [0, 0.1) is 29.9 Å². The van der Waals surface area contributed by atoms with E-state index in [9.17, 15) is 40.4 Å². The summed E-state index contributed by atoms with van der Waals surface area (Å²) in [6.07, 6.45) is -2.65. The van der Waals surface area contributed by atoms with Crippen LogP contribution >= 0.6 is 0 Å². The highest BCUT2D eigenvalue weighted by atomic mass is 32.2. The molecule has 0 aliphatic rings. The molecule has 202 valence electrons. The topological polar surface area (TPSA) is 106 Å². The fourth-order valence-corrected chi connectivity index (χ4v) is 5.00. The van der Waals surface area contributed by atoms with Crippen molar-refractivity contribution in [3.05, 3.63) is 93.1 Å². The van der Waals surface area contributed by atoms with Crippen LogP contribution in [0.15, 0.2) is 63.1 Å². The summed E-state index contributed by atoms with van der Waals surface area (Å²) in [5.74, 6) is -2.34. The smallest absolute Gasteiger partial charge is 0.417 e. The van der Waals surface area contributed by atoms with Gasteiger partial charge in [-0.15, -0.1) is 0 Å².